The van der Waals surface area contributed by atoms with Crippen LogP contribution in [0.15, 0.2) is 241 Å². The van der Waals surface area contributed by atoms with E-state index in [1.54, 1.807) is 0 Å². The Morgan fingerprint density at radius 2 is 0.548 bits per heavy atom. The molecule has 1 saturated carbocycles. The fourth-order valence-corrected chi connectivity index (χ4v) is 16.3. The highest BCUT2D eigenvalue weighted by Crippen LogP contribution is 2.51. The van der Waals surface area contributed by atoms with Gasteiger partial charge >= 0.3 is 0 Å². The van der Waals surface area contributed by atoms with E-state index in [0.717, 1.165) is 180 Å². The third-order valence-corrected chi connectivity index (χ3v) is 31.5. The summed E-state index contributed by atoms with van der Waals surface area (Å²) in [5, 5.41) is 0.205. The van der Waals surface area contributed by atoms with Crippen LogP contribution < -0.4 is 27.8 Å². The van der Waals surface area contributed by atoms with Gasteiger partial charge in [-0.2, -0.15) is 0 Å². The monoisotopic (exact) mass is 1410 g/mol. The molecular formula is C94H106N2O6Si2. The van der Waals surface area contributed by atoms with Gasteiger partial charge in [0, 0.05) is 45.5 Å². The van der Waals surface area contributed by atoms with Crippen molar-refractivity contribution >= 4 is 40.4 Å². The van der Waals surface area contributed by atoms with Crippen LogP contribution in [-0.4, -0.2) is 55.5 Å². The van der Waals surface area contributed by atoms with Crippen molar-refractivity contribution in [2.24, 2.45) is 20.8 Å². The predicted molar refractivity (Wildman–Crippen MR) is 440 cm³/mol. The molecule has 0 amide bonds. The second-order valence-electron chi connectivity index (χ2n) is 32.5. The van der Waals surface area contributed by atoms with Crippen LogP contribution in [0.25, 0.3) is 66.8 Å². The van der Waals surface area contributed by atoms with Gasteiger partial charge in [0.15, 0.2) is 0 Å². The second-order valence-corrected chi connectivity index (χ2v) is 41.9. The van der Waals surface area contributed by atoms with Crippen LogP contribution in [0.1, 0.15) is 130 Å². The molecule has 21 rings (SSSR count). The average molecular weight is 1420 g/mol. The maximum atomic E-state index is 6.73. The van der Waals surface area contributed by atoms with Gasteiger partial charge in [-0.05, 0) is 255 Å². The van der Waals surface area contributed by atoms with Crippen LogP contribution in [0.2, 0.25) is 36.3 Å². The first-order valence-corrected chi connectivity index (χ1v) is 44.0. The zero-order chi connectivity index (χ0) is 72.4. The Labute approximate surface area is 622 Å². The number of aliphatic imine (C=N–C) groups is 2. The van der Waals surface area contributed by atoms with Gasteiger partial charge in [0.25, 0.3) is 0 Å². The molecule has 0 N–H and O–H groups in total. The zero-order valence-electron chi connectivity index (χ0n) is 63.2. The number of rotatable bonds is 10. The molecule has 104 heavy (non-hydrogen) atoms. The third-order valence-electron chi connectivity index (χ3n) is 22.8. The fourth-order valence-electron chi connectivity index (χ4n) is 14.2. The standard InChI is InChI=1S/C94H106N2O6Si2/c1-91(2,3)103(7,8)101-83-53-33-73(34-54-83)71-29-25-69(26-30-71)65-93-57-59-94(60-58-93,66-70-27-31-72(32-28-70)74-35-55-84(56-36-74)102-104(9,10)92(4,5)6)68-96-90-87-23-20-24-88(90)78-43-51-82(52-44-78)100-64-18-14-12-16-62-98-80-47-39-76(40-48-80)86-22-19-21-85(89(86)95-67-93)75-37-45-79(46-38-75)97-61-15-11-13-17-63-99-81-49-41-77(87)42-50-81/h19-56,67-68H,11-18,57-66H2,1-10H3. The molecule has 11 aliphatic rings. The van der Waals surface area contributed by atoms with Gasteiger partial charge in [0.1, 0.15) is 34.5 Å². The van der Waals surface area contributed by atoms with Crippen molar-refractivity contribution in [1.82, 2.24) is 0 Å². The predicted octanol–water partition coefficient (Wildman–Crippen LogP) is 26.3. The van der Waals surface area contributed by atoms with E-state index in [2.05, 4.69) is 311 Å². The van der Waals surface area contributed by atoms with E-state index < -0.39 is 16.6 Å². The Morgan fingerprint density at radius 1 is 0.308 bits per heavy atom. The molecule has 0 spiro atoms. The molecule has 10 heterocycles. The molecule has 0 saturated heterocycles. The van der Waals surface area contributed by atoms with E-state index in [1.807, 2.05) is 0 Å². The third kappa shape index (κ3) is 17.9. The molecule has 0 unspecified atom stereocenters. The molecule has 10 heteroatoms. The lowest BCUT2D eigenvalue weighted by Gasteiger charge is -2.44. The van der Waals surface area contributed by atoms with E-state index in [1.165, 1.54) is 33.4 Å². The number of para-hydroxylation sites is 2. The molecule has 10 aliphatic heterocycles. The van der Waals surface area contributed by atoms with Crippen LogP contribution in [-0.2, 0) is 12.8 Å². The van der Waals surface area contributed by atoms with Crippen molar-refractivity contribution in [3.8, 4) is 101 Å². The number of hydrogen-bond acceptors (Lipinski definition) is 8. The fraction of sp³-hybridized carbons (Fsp3) is 0.340. The van der Waals surface area contributed by atoms with Gasteiger partial charge in [0.05, 0.1) is 37.8 Å². The Morgan fingerprint density at radius 3 is 0.798 bits per heavy atom. The minimum Gasteiger partial charge on any atom is -0.544 e. The zero-order valence-corrected chi connectivity index (χ0v) is 65.2. The van der Waals surface area contributed by atoms with E-state index >= 15 is 0 Å². The normalized spacial score (nSPS) is 17.9. The Bertz CT molecular complexity index is 4090. The largest absolute Gasteiger partial charge is 0.544 e. The topological polar surface area (TPSA) is 80.1 Å². The van der Waals surface area contributed by atoms with Gasteiger partial charge in [0.2, 0.25) is 16.6 Å². The van der Waals surface area contributed by atoms with Crippen LogP contribution >= 0.6 is 0 Å². The van der Waals surface area contributed by atoms with E-state index in [-0.39, 0.29) is 20.9 Å². The Hall–Kier alpha value is -9.23. The molecule has 12 bridgehead atoms. The number of hydrogen-bond donors (Lipinski definition) is 0. The summed E-state index contributed by atoms with van der Waals surface area (Å²) in [5.41, 5.74) is 17.1. The quantitative estimate of drug-likeness (QED) is 0.127. The lowest BCUT2D eigenvalue weighted by Crippen LogP contribution is -2.43. The maximum absolute atomic E-state index is 6.73. The molecule has 10 aromatic rings. The summed E-state index contributed by atoms with van der Waals surface area (Å²) in [5.74, 6) is 5.34. The van der Waals surface area contributed by atoms with Crippen LogP contribution in [0, 0.1) is 10.8 Å². The minimum absolute atomic E-state index is 0.103. The summed E-state index contributed by atoms with van der Waals surface area (Å²) in [7, 11) is -4.02. The van der Waals surface area contributed by atoms with Crippen LogP contribution in [0.4, 0.5) is 11.4 Å². The Balaban J connectivity index is 0.940. The molecule has 0 atom stereocenters. The molecule has 0 radical (unpaired) electrons. The van der Waals surface area contributed by atoms with Crippen molar-refractivity contribution in [3.63, 3.8) is 0 Å². The highest BCUT2D eigenvalue weighted by Gasteiger charge is 2.43. The molecule has 1 fully saturated rings. The van der Waals surface area contributed by atoms with Crippen molar-refractivity contribution in [2.45, 2.75) is 168 Å². The summed E-state index contributed by atoms with van der Waals surface area (Å²) in [6, 6.07) is 84.0. The first kappa shape index (κ1) is 73.1. The summed E-state index contributed by atoms with van der Waals surface area (Å²) in [6.07, 6.45) is 17.9. The lowest BCUT2D eigenvalue weighted by molar-refractivity contribution is 0.186. The van der Waals surface area contributed by atoms with E-state index in [4.69, 9.17) is 37.8 Å². The molecule has 10 aromatic carbocycles. The van der Waals surface area contributed by atoms with Gasteiger partial charge in [-0.1, -0.05) is 199 Å². The molecule has 1 aliphatic carbocycles. The number of benzene rings is 10. The highest BCUT2D eigenvalue weighted by atomic mass is 28.4. The molecular weight excluding hydrogens is 1310 g/mol. The van der Waals surface area contributed by atoms with Crippen LogP contribution in [0.5, 0.6) is 34.5 Å². The average Bonchev–Trinajstić information content (AvgIpc) is 0.772. The van der Waals surface area contributed by atoms with Gasteiger partial charge in [-0.3, -0.25) is 9.98 Å². The van der Waals surface area contributed by atoms with Gasteiger partial charge < -0.3 is 27.8 Å². The minimum atomic E-state index is -2.01. The highest BCUT2D eigenvalue weighted by molar-refractivity contribution is 6.75. The first-order chi connectivity index (χ1) is 50.1. The summed E-state index contributed by atoms with van der Waals surface area (Å²) in [6.45, 7) is 25.6. The summed E-state index contributed by atoms with van der Waals surface area (Å²) < 4.78 is 39.2. The van der Waals surface area contributed by atoms with Crippen LogP contribution in [0.3, 0.4) is 0 Å². The maximum Gasteiger partial charge on any atom is 0.250 e. The SMILES string of the molecule is CC(C)(C)[Si](C)(C)Oc1ccc(-c2ccc(CC34C=Nc5c6cccc5-c5ccc(cc5)OCCCCCCOc5ccc(cc5)-c5cccc(c5N=CC(Cc5ccc(-c7ccc(O[Si](C)(C)C(C)(C)C)cc7)cc5)(CC3)CC4)-c3ccc(cc3)OCCCCCCOc3ccc-6cc3)cc2)cc1. The van der Waals surface area contributed by atoms with Crippen molar-refractivity contribution in [1.29, 1.82) is 0 Å². The number of ether oxygens (including phenoxy) is 4. The Kier molecular flexibility index (Phi) is 22.5. The molecule has 0 aromatic heterocycles. The lowest BCUT2D eigenvalue weighted by atomic mass is 9.61. The van der Waals surface area contributed by atoms with Gasteiger partial charge in [-0.15, -0.1) is 0 Å². The molecule has 536 valence electrons. The van der Waals surface area contributed by atoms with Crippen molar-refractivity contribution in [2.75, 3.05) is 26.4 Å². The smallest absolute Gasteiger partial charge is 0.250 e. The summed E-state index contributed by atoms with van der Waals surface area (Å²) >= 11 is 0. The van der Waals surface area contributed by atoms with Crippen molar-refractivity contribution < 1.29 is 27.8 Å². The second kappa shape index (κ2) is 32.0. The first-order valence-electron chi connectivity index (χ1n) is 38.2. The number of nitrogens with zero attached hydrogens (tertiary/aromatic N) is 2. The molecule has 8 nitrogen and oxygen atoms in total. The van der Waals surface area contributed by atoms with Crippen molar-refractivity contribution in [3.05, 3.63) is 242 Å². The van der Waals surface area contributed by atoms with Gasteiger partial charge in [-0.25, -0.2) is 0 Å². The van der Waals surface area contributed by atoms with E-state index in [0.29, 0.717) is 26.4 Å². The van der Waals surface area contributed by atoms with E-state index in [9.17, 15) is 0 Å². The summed E-state index contributed by atoms with van der Waals surface area (Å²) in [4.78, 5) is 11.8.